The van der Waals surface area contributed by atoms with Crippen LogP contribution in [0.15, 0.2) is 54.9 Å². The summed E-state index contributed by atoms with van der Waals surface area (Å²) in [5.41, 5.74) is 0.277. The lowest BCUT2D eigenvalue weighted by Crippen LogP contribution is -2.49. The number of hydrogen-bond donors (Lipinski definition) is 1. The van der Waals surface area contributed by atoms with Crippen LogP contribution in [0.2, 0.25) is 0 Å². The molecule has 0 unspecified atom stereocenters. The Morgan fingerprint density at radius 1 is 0.967 bits per heavy atom. The van der Waals surface area contributed by atoms with Crippen molar-refractivity contribution in [1.29, 1.82) is 0 Å². The molecular formula is C23H23N3O4. The molecule has 1 aliphatic heterocycles. The van der Waals surface area contributed by atoms with Gasteiger partial charge in [-0.05, 0) is 50.6 Å². The molecule has 1 atom stereocenters. The molecule has 0 saturated carbocycles. The number of aromatic amines is 1. The smallest absolute Gasteiger partial charge is 0.262 e. The number of H-pyrrole nitrogens is 1. The zero-order valence-electron chi connectivity index (χ0n) is 17.1. The minimum Gasteiger partial charge on any atom is -0.490 e. The monoisotopic (exact) mass is 405 g/mol. The third-order valence-electron chi connectivity index (χ3n) is 5.31. The topological polar surface area (TPSA) is 84.5 Å². The fourth-order valence-corrected chi connectivity index (χ4v) is 3.85. The summed E-state index contributed by atoms with van der Waals surface area (Å²) in [6.07, 6.45) is 3.27. The van der Waals surface area contributed by atoms with Crippen molar-refractivity contribution in [1.82, 2.24) is 14.9 Å². The first-order valence-corrected chi connectivity index (χ1v) is 9.90. The molecule has 0 saturated heterocycles. The van der Waals surface area contributed by atoms with Crippen LogP contribution in [0.5, 0.6) is 11.5 Å². The maximum atomic E-state index is 13.3. The van der Waals surface area contributed by atoms with E-state index in [4.69, 9.17) is 9.47 Å². The number of rotatable bonds is 7. The lowest BCUT2D eigenvalue weighted by atomic mass is 9.88. The van der Waals surface area contributed by atoms with Crippen LogP contribution < -0.4 is 9.47 Å². The number of carbonyl (C=O) groups excluding carboxylic acids is 2. The minimum absolute atomic E-state index is 0.360. The second-order valence-electron chi connectivity index (χ2n) is 7.03. The number of imidazole rings is 1. The van der Waals surface area contributed by atoms with E-state index in [0.717, 1.165) is 0 Å². The summed E-state index contributed by atoms with van der Waals surface area (Å²) < 4.78 is 11.4. The summed E-state index contributed by atoms with van der Waals surface area (Å²) in [4.78, 5) is 35.4. The zero-order chi connectivity index (χ0) is 21.3. The van der Waals surface area contributed by atoms with Crippen LogP contribution in [0.3, 0.4) is 0 Å². The standard InChI is InChI=1S/C23H23N3O4/c1-4-29-18-11-10-15(14-19(18)30-5-2)23(3,22-24-12-13-25-22)26-20(27)16-8-6-7-9-17(16)21(26)28/h6-14H,4-5H2,1-3H3,(H,24,25)/t23-/m1/s1. The van der Waals surface area contributed by atoms with E-state index in [1.54, 1.807) is 55.7 Å². The molecule has 0 fully saturated rings. The van der Waals surface area contributed by atoms with Gasteiger partial charge in [-0.25, -0.2) is 4.98 Å². The van der Waals surface area contributed by atoms with Crippen molar-refractivity contribution in [2.24, 2.45) is 0 Å². The van der Waals surface area contributed by atoms with Gasteiger partial charge < -0.3 is 14.5 Å². The molecule has 2 aromatic carbocycles. The number of benzene rings is 2. The van der Waals surface area contributed by atoms with Crippen LogP contribution in [0, 0.1) is 0 Å². The Morgan fingerprint density at radius 2 is 1.60 bits per heavy atom. The number of carbonyl (C=O) groups is 2. The van der Waals surface area contributed by atoms with Gasteiger partial charge in [0.2, 0.25) is 0 Å². The van der Waals surface area contributed by atoms with Gasteiger partial charge >= 0.3 is 0 Å². The second-order valence-corrected chi connectivity index (χ2v) is 7.03. The molecule has 7 nitrogen and oxygen atoms in total. The highest BCUT2D eigenvalue weighted by Gasteiger charge is 2.50. The molecule has 1 N–H and O–H groups in total. The van der Waals surface area contributed by atoms with Gasteiger partial charge in [0.1, 0.15) is 11.4 Å². The number of ether oxygens (including phenoxy) is 2. The third-order valence-corrected chi connectivity index (χ3v) is 5.31. The van der Waals surface area contributed by atoms with Gasteiger partial charge in [0.05, 0.1) is 24.3 Å². The largest absolute Gasteiger partial charge is 0.490 e. The van der Waals surface area contributed by atoms with E-state index in [2.05, 4.69) is 9.97 Å². The van der Waals surface area contributed by atoms with Gasteiger partial charge in [0, 0.05) is 12.4 Å². The van der Waals surface area contributed by atoms with Crippen LogP contribution in [-0.2, 0) is 5.54 Å². The molecule has 0 aliphatic carbocycles. The minimum atomic E-state index is -1.17. The van der Waals surface area contributed by atoms with Crippen molar-refractivity contribution < 1.29 is 19.1 Å². The molecule has 1 aliphatic rings. The molecule has 0 spiro atoms. The van der Waals surface area contributed by atoms with Crippen molar-refractivity contribution in [3.8, 4) is 11.5 Å². The first-order valence-electron chi connectivity index (χ1n) is 9.90. The van der Waals surface area contributed by atoms with Crippen molar-refractivity contribution in [2.75, 3.05) is 13.2 Å². The maximum absolute atomic E-state index is 13.3. The SMILES string of the molecule is CCOc1ccc([C@](C)(c2ncc[nH]2)N2C(=O)c3ccccc3C2=O)cc1OCC. The van der Waals surface area contributed by atoms with Gasteiger partial charge in [0.15, 0.2) is 11.5 Å². The lowest BCUT2D eigenvalue weighted by Gasteiger charge is -2.36. The molecule has 2 amide bonds. The Hall–Kier alpha value is -3.61. The van der Waals surface area contributed by atoms with E-state index in [-0.39, 0.29) is 11.8 Å². The zero-order valence-corrected chi connectivity index (χ0v) is 17.1. The Bertz CT molecular complexity index is 1060. The van der Waals surface area contributed by atoms with Crippen LogP contribution >= 0.6 is 0 Å². The Labute approximate surface area is 174 Å². The Balaban J connectivity index is 1.89. The third kappa shape index (κ3) is 2.94. The highest BCUT2D eigenvalue weighted by molar-refractivity contribution is 6.22. The first kappa shape index (κ1) is 19.7. The fourth-order valence-electron chi connectivity index (χ4n) is 3.85. The highest BCUT2D eigenvalue weighted by Crippen LogP contribution is 2.42. The van der Waals surface area contributed by atoms with Gasteiger partial charge in [-0.2, -0.15) is 0 Å². The first-order chi connectivity index (χ1) is 14.5. The quantitative estimate of drug-likeness (QED) is 0.605. The summed E-state index contributed by atoms with van der Waals surface area (Å²) in [7, 11) is 0. The Kier molecular flexibility index (Phi) is 5.03. The molecular weight excluding hydrogens is 382 g/mol. The number of imide groups is 1. The number of hydrogen-bond acceptors (Lipinski definition) is 5. The molecule has 2 heterocycles. The Morgan fingerprint density at radius 3 is 2.17 bits per heavy atom. The van der Waals surface area contributed by atoms with Gasteiger partial charge in [0.25, 0.3) is 11.8 Å². The number of nitrogens with zero attached hydrogens (tertiary/aromatic N) is 2. The highest BCUT2D eigenvalue weighted by atomic mass is 16.5. The van der Waals surface area contributed by atoms with Crippen LogP contribution in [0.1, 0.15) is 52.9 Å². The van der Waals surface area contributed by atoms with E-state index < -0.39 is 5.54 Å². The van der Waals surface area contributed by atoms with E-state index in [1.807, 2.05) is 19.9 Å². The predicted octanol–water partition coefficient (Wildman–Crippen LogP) is 3.77. The van der Waals surface area contributed by atoms with E-state index in [9.17, 15) is 9.59 Å². The fraction of sp³-hybridized carbons (Fsp3) is 0.261. The maximum Gasteiger partial charge on any atom is 0.262 e. The molecule has 154 valence electrons. The van der Waals surface area contributed by atoms with Crippen molar-refractivity contribution in [2.45, 2.75) is 26.3 Å². The van der Waals surface area contributed by atoms with Gasteiger partial charge in [-0.15, -0.1) is 0 Å². The number of amides is 2. The summed E-state index contributed by atoms with van der Waals surface area (Å²) >= 11 is 0. The average Bonchev–Trinajstić information content (AvgIpc) is 3.38. The summed E-state index contributed by atoms with van der Waals surface area (Å²) in [5, 5.41) is 0. The number of aromatic nitrogens is 2. The van der Waals surface area contributed by atoms with Crippen LogP contribution in [0.4, 0.5) is 0 Å². The van der Waals surface area contributed by atoms with E-state index in [0.29, 0.717) is 47.2 Å². The van der Waals surface area contributed by atoms with Gasteiger partial charge in [-0.1, -0.05) is 18.2 Å². The molecule has 3 aromatic rings. The molecule has 0 bridgehead atoms. The molecule has 30 heavy (non-hydrogen) atoms. The van der Waals surface area contributed by atoms with E-state index >= 15 is 0 Å². The lowest BCUT2D eigenvalue weighted by molar-refractivity contribution is 0.0494. The molecule has 7 heteroatoms. The van der Waals surface area contributed by atoms with Crippen LogP contribution in [-0.4, -0.2) is 39.9 Å². The van der Waals surface area contributed by atoms with Crippen molar-refractivity contribution >= 4 is 11.8 Å². The van der Waals surface area contributed by atoms with Crippen LogP contribution in [0.25, 0.3) is 0 Å². The van der Waals surface area contributed by atoms with Crippen molar-refractivity contribution in [3.05, 3.63) is 77.4 Å². The second kappa shape index (κ2) is 7.67. The van der Waals surface area contributed by atoms with Gasteiger partial charge in [-0.3, -0.25) is 14.5 Å². The molecule has 1 aromatic heterocycles. The summed E-state index contributed by atoms with van der Waals surface area (Å²) in [5.74, 6) is 0.907. The predicted molar refractivity (Wildman–Crippen MR) is 111 cm³/mol. The van der Waals surface area contributed by atoms with Crippen molar-refractivity contribution in [3.63, 3.8) is 0 Å². The number of nitrogens with one attached hydrogen (secondary N) is 1. The summed E-state index contributed by atoms with van der Waals surface area (Å²) in [6, 6.07) is 12.3. The summed E-state index contributed by atoms with van der Waals surface area (Å²) in [6.45, 7) is 6.54. The average molecular weight is 405 g/mol. The number of fused-ring (bicyclic) bond motifs is 1. The normalized spacial score (nSPS) is 15.1. The molecule has 4 rings (SSSR count). The van der Waals surface area contributed by atoms with E-state index in [1.165, 1.54) is 4.90 Å². The molecule has 0 radical (unpaired) electrons.